The molecule has 0 unspecified atom stereocenters. The average Bonchev–Trinajstić information content (AvgIpc) is 2.46. The van der Waals surface area contributed by atoms with E-state index in [0.717, 1.165) is 15.8 Å². The van der Waals surface area contributed by atoms with E-state index in [0.29, 0.717) is 4.47 Å². The lowest BCUT2D eigenvalue weighted by Gasteiger charge is -2.23. The molecule has 0 radical (unpaired) electrons. The third-order valence-electron chi connectivity index (χ3n) is 1.82. The maximum Gasteiger partial charge on any atom is 0.251 e. The number of thiophene rings is 1. The second-order valence-corrected chi connectivity index (χ2v) is 8.28. The highest BCUT2D eigenvalue weighted by atomic mass is 79.9. The average molecular weight is 392 g/mol. The van der Waals surface area contributed by atoms with Gasteiger partial charge in [-0.1, -0.05) is 0 Å². The summed E-state index contributed by atoms with van der Waals surface area (Å²) in [5.41, 5.74) is 4.83. The van der Waals surface area contributed by atoms with Crippen molar-refractivity contribution >= 4 is 53.2 Å². The first-order valence-electron chi connectivity index (χ1n) is 4.36. The van der Waals surface area contributed by atoms with Gasteiger partial charge in [-0.3, -0.25) is 0 Å². The summed E-state index contributed by atoms with van der Waals surface area (Å²) in [5, 5.41) is 1.72. The van der Waals surface area contributed by atoms with E-state index >= 15 is 0 Å². The summed E-state index contributed by atoms with van der Waals surface area (Å²) in [6.45, 7) is 3.71. The van der Waals surface area contributed by atoms with E-state index in [2.05, 4.69) is 36.6 Å². The van der Waals surface area contributed by atoms with Gasteiger partial charge >= 0.3 is 0 Å². The van der Waals surface area contributed by atoms with Gasteiger partial charge in [0.25, 0.3) is 10.0 Å². The molecule has 0 saturated carbocycles. The fourth-order valence-corrected chi connectivity index (χ4v) is 5.43. The van der Waals surface area contributed by atoms with E-state index in [1.165, 1.54) is 0 Å². The molecule has 0 aromatic carbocycles. The van der Waals surface area contributed by atoms with E-state index in [-0.39, 0.29) is 10.8 Å². The largest absolute Gasteiger partial charge is 0.329 e. The van der Waals surface area contributed by atoms with Crippen molar-refractivity contribution in [3.63, 3.8) is 0 Å². The van der Waals surface area contributed by atoms with E-state index < -0.39 is 15.6 Å². The van der Waals surface area contributed by atoms with Crippen molar-refractivity contribution in [2.45, 2.75) is 23.6 Å². The predicted octanol–water partition coefficient (Wildman–Crippen LogP) is 2.29. The minimum absolute atomic E-state index is 0.233. The van der Waals surface area contributed by atoms with Crippen molar-refractivity contribution in [2.75, 3.05) is 6.54 Å². The second-order valence-electron chi connectivity index (χ2n) is 3.88. The Morgan fingerprint density at radius 2 is 2.06 bits per heavy atom. The molecule has 3 N–H and O–H groups in total. The topological polar surface area (TPSA) is 72.2 Å². The molecule has 0 atom stereocenters. The van der Waals surface area contributed by atoms with Gasteiger partial charge in [-0.25, -0.2) is 13.1 Å². The lowest BCUT2D eigenvalue weighted by molar-refractivity contribution is 0.463. The van der Waals surface area contributed by atoms with Crippen LogP contribution >= 0.6 is 43.2 Å². The van der Waals surface area contributed by atoms with Crippen LogP contribution in [0.5, 0.6) is 0 Å². The Balaban J connectivity index is 3.09. The molecule has 4 nitrogen and oxygen atoms in total. The molecule has 1 rings (SSSR count). The van der Waals surface area contributed by atoms with Crippen LogP contribution in [-0.4, -0.2) is 20.5 Å². The molecule has 0 aliphatic heterocycles. The molecule has 0 spiro atoms. The molecule has 1 aromatic heterocycles. The van der Waals surface area contributed by atoms with Crippen LogP contribution in [0, 0.1) is 0 Å². The Bertz CT molecular complexity index is 482. The molecule has 0 amide bonds. The van der Waals surface area contributed by atoms with Gasteiger partial charge < -0.3 is 5.73 Å². The number of halogens is 2. The molecular formula is C8H12Br2N2O2S2. The minimum atomic E-state index is -3.53. The van der Waals surface area contributed by atoms with Crippen LogP contribution in [0.4, 0.5) is 0 Å². The van der Waals surface area contributed by atoms with Crippen LogP contribution < -0.4 is 10.5 Å². The Kier molecular flexibility index (Phi) is 4.59. The van der Waals surface area contributed by atoms with Gasteiger partial charge in [-0.15, -0.1) is 11.3 Å². The molecule has 1 heterocycles. The van der Waals surface area contributed by atoms with E-state index in [1.54, 1.807) is 19.2 Å². The summed E-state index contributed by atoms with van der Waals surface area (Å²) in [6.07, 6.45) is 0. The van der Waals surface area contributed by atoms with Crippen LogP contribution in [-0.2, 0) is 10.0 Å². The Hall–Kier alpha value is 0.530. The Labute approximate surface area is 116 Å². The van der Waals surface area contributed by atoms with Crippen LogP contribution in [0.3, 0.4) is 0 Å². The fourth-order valence-electron chi connectivity index (χ4n) is 0.939. The zero-order chi connectivity index (χ0) is 12.6. The van der Waals surface area contributed by atoms with Crippen LogP contribution in [0.25, 0.3) is 0 Å². The third-order valence-corrected chi connectivity index (χ3v) is 7.86. The second kappa shape index (κ2) is 5.03. The number of hydrogen-bond acceptors (Lipinski definition) is 4. The molecule has 0 aliphatic rings. The van der Waals surface area contributed by atoms with Crippen molar-refractivity contribution in [3.05, 3.63) is 14.3 Å². The first-order valence-corrected chi connectivity index (χ1v) is 8.31. The third kappa shape index (κ3) is 3.27. The molecule has 92 valence electrons. The Morgan fingerprint density at radius 1 is 1.50 bits per heavy atom. The maximum absolute atomic E-state index is 12.0. The molecule has 0 bridgehead atoms. The predicted molar refractivity (Wildman–Crippen MR) is 73.2 cm³/mol. The fraction of sp³-hybridized carbons (Fsp3) is 0.500. The normalized spacial score (nSPS) is 13.1. The number of nitrogens with one attached hydrogen (secondary N) is 1. The number of hydrogen-bond donors (Lipinski definition) is 2. The molecule has 0 aliphatic carbocycles. The highest BCUT2D eigenvalue weighted by Gasteiger charge is 2.28. The van der Waals surface area contributed by atoms with Crippen molar-refractivity contribution in [2.24, 2.45) is 5.73 Å². The van der Waals surface area contributed by atoms with Crippen LogP contribution in [0.15, 0.2) is 18.5 Å². The Morgan fingerprint density at radius 3 is 2.44 bits per heavy atom. The zero-order valence-electron chi connectivity index (χ0n) is 8.75. The van der Waals surface area contributed by atoms with Gasteiger partial charge in [0, 0.05) is 21.9 Å². The van der Waals surface area contributed by atoms with Crippen molar-refractivity contribution in [1.82, 2.24) is 4.72 Å². The minimum Gasteiger partial charge on any atom is -0.329 e. The first kappa shape index (κ1) is 14.6. The van der Waals surface area contributed by atoms with Crippen LogP contribution in [0.1, 0.15) is 13.8 Å². The summed E-state index contributed by atoms with van der Waals surface area (Å²) in [6, 6.07) is 0. The van der Waals surface area contributed by atoms with Gasteiger partial charge in [0.05, 0.1) is 4.47 Å². The molecule has 16 heavy (non-hydrogen) atoms. The SMILES string of the molecule is CC(C)(CN)NS(=O)(=O)c1scc(Br)c1Br. The quantitative estimate of drug-likeness (QED) is 0.826. The zero-order valence-corrected chi connectivity index (χ0v) is 13.6. The summed E-state index contributed by atoms with van der Waals surface area (Å²) in [5.74, 6) is 0. The lowest BCUT2D eigenvalue weighted by atomic mass is 10.1. The number of rotatable bonds is 4. The molecule has 0 fully saturated rings. The first-order chi connectivity index (χ1) is 7.19. The van der Waals surface area contributed by atoms with E-state index in [9.17, 15) is 8.42 Å². The lowest BCUT2D eigenvalue weighted by Crippen LogP contribution is -2.48. The van der Waals surface area contributed by atoms with E-state index in [1.807, 2.05) is 0 Å². The number of sulfonamides is 1. The summed E-state index contributed by atoms with van der Waals surface area (Å²) < 4.78 is 28.1. The van der Waals surface area contributed by atoms with Gasteiger partial charge in [0.2, 0.25) is 0 Å². The van der Waals surface area contributed by atoms with Gasteiger partial charge in [0.1, 0.15) is 4.21 Å². The molecule has 0 saturated heterocycles. The highest BCUT2D eigenvalue weighted by Crippen LogP contribution is 2.36. The van der Waals surface area contributed by atoms with Crippen LogP contribution in [0.2, 0.25) is 0 Å². The van der Waals surface area contributed by atoms with Crippen molar-refractivity contribution in [1.29, 1.82) is 0 Å². The molecule has 8 heteroatoms. The smallest absolute Gasteiger partial charge is 0.251 e. The standard InChI is InChI=1S/C8H12Br2N2O2S2/c1-8(2,4-11)12-16(13,14)7-6(10)5(9)3-15-7/h3,12H,4,11H2,1-2H3. The maximum atomic E-state index is 12.0. The summed E-state index contributed by atoms with van der Waals surface area (Å²) in [7, 11) is -3.53. The van der Waals surface area contributed by atoms with Gasteiger partial charge in [-0.2, -0.15) is 0 Å². The summed E-state index contributed by atoms with van der Waals surface area (Å²) in [4.78, 5) is 0. The molecular weight excluding hydrogens is 380 g/mol. The molecule has 1 aromatic rings. The van der Waals surface area contributed by atoms with E-state index in [4.69, 9.17) is 5.73 Å². The highest BCUT2D eigenvalue weighted by molar-refractivity contribution is 9.13. The van der Waals surface area contributed by atoms with Crippen molar-refractivity contribution in [3.8, 4) is 0 Å². The summed E-state index contributed by atoms with van der Waals surface area (Å²) >= 11 is 7.63. The van der Waals surface area contributed by atoms with Crippen molar-refractivity contribution < 1.29 is 8.42 Å². The number of nitrogens with two attached hydrogens (primary N) is 1. The van der Waals surface area contributed by atoms with Gasteiger partial charge in [-0.05, 0) is 45.7 Å². The monoisotopic (exact) mass is 390 g/mol. The van der Waals surface area contributed by atoms with Gasteiger partial charge in [0.15, 0.2) is 0 Å².